The third-order valence-electron chi connectivity index (χ3n) is 3.58. The van der Waals surface area contributed by atoms with E-state index < -0.39 is 0 Å². The fourth-order valence-corrected chi connectivity index (χ4v) is 2.53. The molecule has 2 atom stereocenters. The van der Waals surface area contributed by atoms with Gasteiger partial charge in [-0.25, -0.2) is 0 Å². The van der Waals surface area contributed by atoms with Crippen LogP contribution in [0, 0.1) is 5.92 Å². The van der Waals surface area contributed by atoms with Crippen LogP contribution in [0.25, 0.3) is 0 Å². The molecule has 5 nitrogen and oxygen atoms in total. The molecule has 2 unspecified atom stereocenters. The van der Waals surface area contributed by atoms with Crippen molar-refractivity contribution in [2.24, 2.45) is 5.92 Å². The van der Waals surface area contributed by atoms with E-state index in [0.29, 0.717) is 11.7 Å². The van der Waals surface area contributed by atoms with Gasteiger partial charge in [0.25, 0.3) is 5.91 Å². The molecule has 19 heavy (non-hydrogen) atoms. The Morgan fingerprint density at radius 3 is 2.68 bits per heavy atom. The number of nitrogens with zero attached hydrogens (tertiary/aromatic N) is 3. The molecule has 1 aromatic rings. The monoisotopic (exact) mass is 262 g/mol. The zero-order valence-electron chi connectivity index (χ0n) is 11.9. The second-order valence-electron chi connectivity index (χ2n) is 5.62. The predicted octanol–water partition coefficient (Wildman–Crippen LogP) is 2.17. The summed E-state index contributed by atoms with van der Waals surface area (Å²) < 4.78 is 0. The van der Waals surface area contributed by atoms with Gasteiger partial charge in [0, 0.05) is 20.1 Å². The fraction of sp³-hybridized carbons (Fsp3) is 0.643. The molecule has 0 aliphatic heterocycles. The summed E-state index contributed by atoms with van der Waals surface area (Å²) in [6.45, 7) is 2.29. The highest BCUT2D eigenvalue weighted by Crippen LogP contribution is 2.25. The second kappa shape index (κ2) is 5.99. The van der Waals surface area contributed by atoms with Crippen LogP contribution in [0.15, 0.2) is 12.1 Å². The van der Waals surface area contributed by atoms with E-state index in [1.165, 1.54) is 30.6 Å². The normalized spacial score (nSPS) is 22.9. The van der Waals surface area contributed by atoms with E-state index >= 15 is 0 Å². The maximum absolute atomic E-state index is 11.7. The Balaban J connectivity index is 1.97. The highest BCUT2D eigenvalue weighted by molar-refractivity contribution is 5.91. The Morgan fingerprint density at radius 2 is 2.11 bits per heavy atom. The molecule has 0 saturated heterocycles. The summed E-state index contributed by atoms with van der Waals surface area (Å²) in [5.74, 6) is 1.41. The molecule has 104 valence electrons. The van der Waals surface area contributed by atoms with Gasteiger partial charge in [-0.15, -0.1) is 10.2 Å². The Labute approximate surface area is 114 Å². The minimum absolute atomic E-state index is 0.120. The molecule has 0 spiro atoms. The summed E-state index contributed by atoms with van der Waals surface area (Å²) >= 11 is 0. The summed E-state index contributed by atoms with van der Waals surface area (Å²) in [6.07, 6.45) is 4.95. The van der Waals surface area contributed by atoms with E-state index in [-0.39, 0.29) is 5.91 Å². The van der Waals surface area contributed by atoms with Crippen molar-refractivity contribution in [1.29, 1.82) is 0 Å². The molecule has 1 aliphatic rings. The van der Waals surface area contributed by atoms with Crippen LogP contribution in [-0.4, -0.2) is 41.1 Å². The van der Waals surface area contributed by atoms with Gasteiger partial charge in [-0.1, -0.05) is 19.8 Å². The van der Waals surface area contributed by atoms with Gasteiger partial charge in [0.1, 0.15) is 5.82 Å². The molecule has 1 saturated carbocycles. The van der Waals surface area contributed by atoms with Crippen molar-refractivity contribution >= 4 is 11.7 Å². The van der Waals surface area contributed by atoms with Crippen LogP contribution < -0.4 is 5.32 Å². The molecule has 1 amide bonds. The number of carbonyl (C=O) groups is 1. The zero-order valence-corrected chi connectivity index (χ0v) is 11.9. The van der Waals surface area contributed by atoms with E-state index in [0.717, 1.165) is 11.7 Å². The van der Waals surface area contributed by atoms with Gasteiger partial charge >= 0.3 is 0 Å². The molecule has 1 heterocycles. The molecule has 5 heteroatoms. The summed E-state index contributed by atoms with van der Waals surface area (Å²) in [4.78, 5) is 13.2. The molecule has 0 aromatic carbocycles. The van der Waals surface area contributed by atoms with E-state index in [1.807, 2.05) is 6.07 Å². The number of aromatic nitrogens is 2. The summed E-state index contributed by atoms with van der Waals surface area (Å²) in [6, 6.07) is 4.04. The average Bonchev–Trinajstić information content (AvgIpc) is 2.39. The van der Waals surface area contributed by atoms with Crippen LogP contribution in [0.2, 0.25) is 0 Å². The molecule has 2 rings (SSSR count). The SMILES string of the molecule is CC1CCCC(Nc2ccc(C(=O)N(C)C)nn2)C1. The van der Waals surface area contributed by atoms with Crippen molar-refractivity contribution in [3.63, 3.8) is 0 Å². The van der Waals surface area contributed by atoms with Crippen LogP contribution in [0.4, 0.5) is 5.82 Å². The third kappa shape index (κ3) is 3.66. The van der Waals surface area contributed by atoms with Gasteiger partial charge in [-0.05, 0) is 30.9 Å². The largest absolute Gasteiger partial charge is 0.366 e. The van der Waals surface area contributed by atoms with E-state index in [9.17, 15) is 4.79 Å². The minimum atomic E-state index is -0.120. The summed E-state index contributed by atoms with van der Waals surface area (Å²) in [7, 11) is 3.42. The lowest BCUT2D eigenvalue weighted by molar-refractivity contribution is 0.0821. The Kier molecular flexibility index (Phi) is 4.35. The van der Waals surface area contributed by atoms with Gasteiger partial charge in [0.2, 0.25) is 0 Å². The highest BCUT2D eigenvalue weighted by atomic mass is 16.2. The Bertz CT molecular complexity index is 430. The number of hydrogen-bond acceptors (Lipinski definition) is 4. The topological polar surface area (TPSA) is 58.1 Å². The molecule has 1 aromatic heterocycles. The van der Waals surface area contributed by atoms with Gasteiger partial charge in [-0.2, -0.15) is 0 Å². The number of hydrogen-bond donors (Lipinski definition) is 1. The van der Waals surface area contributed by atoms with Crippen molar-refractivity contribution in [3.8, 4) is 0 Å². The lowest BCUT2D eigenvalue weighted by Gasteiger charge is -2.27. The molecule has 1 fully saturated rings. The van der Waals surface area contributed by atoms with E-state index in [4.69, 9.17) is 0 Å². The fourth-order valence-electron chi connectivity index (χ4n) is 2.53. The predicted molar refractivity (Wildman–Crippen MR) is 75.1 cm³/mol. The van der Waals surface area contributed by atoms with Crippen LogP contribution in [0.5, 0.6) is 0 Å². The van der Waals surface area contributed by atoms with Gasteiger partial charge < -0.3 is 10.2 Å². The molecule has 1 N–H and O–H groups in total. The molecular weight excluding hydrogens is 240 g/mol. The lowest BCUT2D eigenvalue weighted by Crippen LogP contribution is -2.27. The first-order chi connectivity index (χ1) is 9.06. The van der Waals surface area contributed by atoms with Crippen LogP contribution >= 0.6 is 0 Å². The van der Waals surface area contributed by atoms with Crippen molar-refractivity contribution in [2.45, 2.75) is 38.6 Å². The molecule has 0 radical (unpaired) electrons. The first-order valence-corrected chi connectivity index (χ1v) is 6.88. The van der Waals surface area contributed by atoms with Crippen molar-refractivity contribution in [3.05, 3.63) is 17.8 Å². The number of carbonyl (C=O) groups excluding carboxylic acids is 1. The average molecular weight is 262 g/mol. The van der Waals surface area contributed by atoms with Crippen molar-refractivity contribution in [1.82, 2.24) is 15.1 Å². The molecular formula is C14H22N4O. The van der Waals surface area contributed by atoms with Crippen molar-refractivity contribution < 1.29 is 4.79 Å². The number of anilines is 1. The van der Waals surface area contributed by atoms with Gasteiger partial charge in [-0.3, -0.25) is 4.79 Å². The second-order valence-corrected chi connectivity index (χ2v) is 5.62. The number of amides is 1. The number of rotatable bonds is 3. The first-order valence-electron chi connectivity index (χ1n) is 6.88. The third-order valence-corrected chi connectivity index (χ3v) is 3.58. The van der Waals surface area contributed by atoms with E-state index in [2.05, 4.69) is 22.4 Å². The quantitative estimate of drug-likeness (QED) is 0.907. The summed E-state index contributed by atoms with van der Waals surface area (Å²) in [5, 5.41) is 11.5. The van der Waals surface area contributed by atoms with Crippen LogP contribution in [0.3, 0.4) is 0 Å². The van der Waals surface area contributed by atoms with Crippen LogP contribution in [0.1, 0.15) is 43.1 Å². The Hall–Kier alpha value is -1.65. The van der Waals surface area contributed by atoms with Gasteiger partial charge in [0.05, 0.1) is 0 Å². The molecule has 1 aliphatic carbocycles. The maximum Gasteiger partial charge on any atom is 0.273 e. The zero-order chi connectivity index (χ0) is 13.8. The van der Waals surface area contributed by atoms with Crippen LogP contribution in [-0.2, 0) is 0 Å². The molecule has 0 bridgehead atoms. The van der Waals surface area contributed by atoms with Crippen molar-refractivity contribution in [2.75, 3.05) is 19.4 Å². The first kappa shape index (κ1) is 13.8. The minimum Gasteiger partial charge on any atom is -0.366 e. The smallest absolute Gasteiger partial charge is 0.273 e. The number of nitrogens with one attached hydrogen (secondary N) is 1. The van der Waals surface area contributed by atoms with Gasteiger partial charge in [0.15, 0.2) is 5.69 Å². The standard InChI is InChI=1S/C14H22N4O/c1-10-5-4-6-11(9-10)15-13-8-7-12(16-17-13)14(19)18(2)3/h7-8,10-11H,4-6,9H2,1-3H3,(H,15,17). The maximum atomic E-state index is 11.7. The Morgan fingerprint density at radius 1 is 1.32 bits per heavy atom. The highest BCUT2D eigenvalue weighted by Gasteiger charge is 2.19. The van der Waals surface area contributed by atoms with E-state index in [1.54, 1.807) is 20.2 Å². The summed E-state index contributed by atoms with van der Waals surface area (Å²) in [5.41, 5.74) is 0.382. The lowest BCUT2D eigenvalue weighted by atomic mass is 9.87.